The van der Waals surface area contributed by atoms with Gasteiger partial charge in [-0.15, -0.1) is 0 Å². The summed E-state index contributed by atoms with van der Waals surface area (Å²) in [5, 5.41) is 12.7. The molecule has 2 aliphatic rings. The van der Waals surface area contributed by atoms with Crippen molar-refractivity contribution >= 4 is 11.9 Å². The number of nitro groups is 1. The van der Waals surface area contributed by atoms with Crippen LogP contribution in [-0.2, 0) is 18.9 Å². The van der Waals surface area contributed by atoms with E-state index in [0.29, 0.717) is 26.1 Å². The summed E-state index contributed by atoms with van der Waals surface area (Å²) in [5.41, 5.74) is -1.35. The molecule has 2 aromatic rings. The SMILES string of the molecule is O=C(O[C@H]1CCC[C@@H](OC(=O)c2ccccc2)C1(CC1OCCCO1)[N+](=O)[O-])c1ccccc1. The van der Waals surface area contributed by atoms with Gasteiger partial charge in [0.25, 0.3) is 5.54 Å². The van der Waals surface area contributed by atoms with Crippen LogP contribution in [0.3, 0.4) is 0 Å². The van der Waals surface area contributed by atoms with Gasteiger partial charge in [-0.1, -0.05) is 36.4 Å². The quantitative estimate of drug-likeness (QED) is 0.342. The lowest BCUT2D eigenvalue weighted by Crippen LogP contribution is -2.64. The summed E-state index contributed by atoms with van der Waals surface area (Å²) >= 11 is 0. The van der Waals surface area contributed by atoms with Crippen LogP contribution >= 0.6 is 0 Å². The van der Waals surface area contributed by atoms with Crippen molar-refractivity contribution in [2.75, 3.05) is 13.2 Å². The molecule has 0 radical (unpaired) electrons. The molecule has 1 aliphatic heterocycles. The fourth-order valence-corrected chi connectivity index (χ4v) is 4.55. The Morgan fingerprint density at radius 2 is 1.32 bits per heavy atom. The van der Waals surface area contributed by atoms with Gasteiger partial charge in [0.2, 0.25) is 0 Å². The monoisotopic (exact) mass is 469 g/mol. The van der Waals surface area contributed by atoms with Gasteiger partial charge < -0.3 is 18.9 Å². The third-order valence-corrected chi connectivity index (χ3v) is 6.30. The average Bonchev–Trinajstić information content (AvgIpc) is 2.87. The highest BCUT2D eigenvalue weighted by atomic mass is 16.7. The van der Waals surface area contributed by atoms with E-state index < -0.39 is 40.9 Å². The van der Waals surface area contributed by atoms with Gasteiger partial charge in [-0.3, -0.25) is 10.1 Å². The summed E-state index contributed by atoms with van der Waals surface area (Å²) in [5.74, 6) is -1.34. The molecular weight excluding hydrogens is 442 g/mol. The minimum Gasteiger partial charge on any atom is -0.451 e. The number of carbonyl (C=O) groups excluding carboxylic acids is 2. The van der Waals surface area contributed by atoms with Crippen LogP contribution in [0, 0.1) is 10.1 Å². The molecule has 0 aromatic heterocycles. The second-order valence-electron chi connectivity index (χ2n) is 8.43. The van der Waals surface area contributed by atoms with Crippen LogP contribution < -0.4 is 0 Å². The van der Waals surface area contributed by atoms with Gasteiger partial charge in [-0.05, 0) is 49.9 Å². The number of rotatable bonds is 7. The highest BCUT2D eigenvalue weighted by Crippen LogP contribution is 2.41. The van der Waals surface area contributed by atoms with Crippen molar-refractivity contribution in [3.63, 3.8) is 0 Å². The van der Waals surface area contributed by atoms with Crippen molar-refractivity contribution in [2.24, 2.45) is 0 Å². The highest BCUT2D eigenvalue weighted by molar-refractivity contribution is 5.90. The summed E-state index contributed by atoms with van der Waals surface area (Å²) in [7, 11) is 0. The molecule has 0 bridgehead atoms. The number of nitrogens with zero attached hydrogens (tertiary/aromatic N) is 1. The van der Waals surface area contributed by atoms with Crippen molar-refractivity contribution in [2.45, 2.75) is 56.1 Å². The van der Waals surface area contributed by atoms with Crippen LogP contribution in [-0.4, -0.2) is 54.1 Å². The number of hydrogen-bond donors (Lipinski definition) is 0. The highest BCUT2D eigenvalue weighted by Gasteiger charge is 2.63. The lowest BCUT2D eigenvalue weighted by molar-refractivity contribution is -0.603. The Morgan fingerprint density at radius 1 is 0.853 bits per heavy atom. The van der Waals surface area contributed by atoms with E-state index in [9.17, 15) is 19.7 Å². The standard InChI is InChI=1S/C25H27NO8/c27-23(18-9-3-1-4-10-18)33-20-13-7-14-21(34-24(28)19-11-5-2-6-12-19)25(20,26(29)30)17-22-31-15-8-16-32-22/h1-6,9-12,20-22H,7-8,13-17H2/t20-,21+,25?. The normalized spacial score (nSPS) is 25.3. The predicted molar refractivity (Wildman–Crippen MR) is 120 cm³/mol. The van der Waals surface area contributed by atoms with E-state index >= 15 is 0 Å². The molecule has 0 spiro atoms. The molecule has 34 heavy (non-hydrogen) atoms. The van der Waals surface area contributed by atoms with Crippen LogP contribution in [0.1, 0.15) is 52.8 Å². The number of carbonyl (C=O) groups is 2. The first-order chi connectivity index (χ1) is 16.5. The molecule has 0 N–H and O–H groups in total. The van der Waals surface area contributed by atoms with E-state index in [2.05, 4.69) is 0 Å². The second-order valence-corrected chi connectivity index (χ2v) is 8.43. The third kappa shape index (κ3) is 5.10. The summed E-state index contributed by atoms with van der Waals surface area (Å²) in [6.45, 7) is 0.808. The van der Waals surface area contributed by atoms with Crippen LogP contribution in [0.5, 0.6) is 0 Å². The smallest absolute Gasteiger partial charge is 0.338 e. The summed E-state index contributed by atoms with van der Waals surface area (Å²) in [4.78, 5) is 37.9. The zero-order chi connectivity index (χ0) is 24.0. The van der Waals surface area contributed by atoms with Crippen molar-refractivity contribution in [1.29, 1.82) is 0 Å². The maximum atomic E-state index is 12.9. The van der Waals surface area contributed by atoms with Gasteiger partial charge in [0, 0.05) is 4.92 Å². The van der Waals surface area contributed by atoms with Crippen molar-refractivity contribution < 1.29 is 33.5 Å². The van der Waals surface area contributed by atoms with Gasteiger partial charge in [-0.2, -0.15) is 0 Å². The fourth-order valence-electron chi connectivity index (χ4n) is 4.55. The number of esters is 2. The first-order valence-corrected chi connectivity index (χ1v) is 11.4. The van der Waals surface area contributed by atoms with Crippen LogP contribution in [0.2, 0.25) is 0 Å². The van der Waals surface area contributed by atoms with E-state index in [-0.39, 0.29) is 30.4 Å². The lowest BCUT2D eigenvalue weighted by Gasteiger charge is -2.42. The molecule has 2 fully saturated rings. The molecule has 0 amide bonds. The first kappa shape index (κ1) is 23.8. The van der Waals surface area contributed by atoms with Gasteiger partial charge in [0.1, 0.15) is 0 Å². The lowest BCUT2D eigenvalue weighted by atomic mass is 9.74. The third-order valence-electron chi connectivity index (χ3n) is 6.30. The maximum Gasteiger partial charge on any atom is 0.338 e. The van der Waals surface area contributed by atoms with Gasteiger partial charge in [-0.25, -0.2) is 9.59 Å². The Morgan fingerprint density at radius 3 is 1.76 bits per heavy atom. The molecular formula is C25H27NO8. The molecule has 1 saturated heterocycles. The molecule has 9 nitrogen and oxygen atoms in total. The Hall–Kier alpha value is -3.30. The molecule has 1 unspecified atom stereocenters. The topological polar surface area (TPSA) is 114 Å². The molecule has 4 rings (SSSR count). The summed E-state index contributed by atoms with van der Waals surface area (Å²) in [6.07, 6.45) is -1.66. The molecule has 180 valence electrons. The van der Waals surface area contributed by atoms with E-state index in [0.717, 1.165) is 0 Å². The largest absolute Gasteiger partial charge is 0.451 e. The van der Waals surface area contributed by atoms with E-state index in [1.54, 1.807) is 60.7 Å². The van der Waals surface area contributed by atoms with Crippen molar-refractivity contribution in [3.05, 3.63) is 81.9 Å². The van der Waals surface area contributed by atoms with E-state index in [4.69, 9.17) is 18.9 Å². The summed E-state index contributed by atoms with van der Waals surface area (Å²) < 4.78 is 22.7. The Kier molecular flexibility index (Phi) is 7.54. The van der Waals surface area contributed by atoms with Gasteiger partial charge >= 0.3 is 11.9 Å². The van der Waals surface area contributed by atoms with Crippen molar-refractivity contribution in [3.8, 4) is 0 Å². The molecule has 1 saturated carbocycles. The van der Waals surface area contributed by atoms with E-state index in [1.165, 1.54) is 0 Å². The minimum absolute atomic E-state index is 0.209. The average molecular weight is 469 g/mol. The zero-order valence-electron chi connectivity index (χ0n) is 18.7. The fraction of sp³-hybridized carbons (Fsp3) is 0.440. The zero-order valence-corrected chi connectivity index (χ0v) is 18.7. The van der Waals surface area contributed by atoms with Gasteiger partial charge in [0.05, 0.1) is 30.8 Å². The first-order valence-electron chi connectivity index (χ1n) is 11.4. The molecule has 1 heterocycles. The van der Waals surface area contributed by atoms with Crippen molar-refractivity contribution in [1.82, 2.24) is 0 Å². The number of hydrogen-bond acceptors (Lipinski definition) is 8. The van der Waals surface area contributed by atoms with E-state index in [1.807, 2.05) is 0 Å². The molecule has 3 atom stereocenters. The Balaban J connectivity index is 1.65. The van der Waals surface area contributed by atoms with Crippen LogP contribution in [0.4, 0.5) is 0 Å². The molecule has 1 aliphatic carbocycles. The predicted octanol–water partition coefficient (Wildman–Crippen LogP) is 3.79. The summed E-state index contributed by atoms with van der Waals surface area (Å²) in [6, 6.07) is 16.6. The Labute approximate surface area is 197 Å². The molecule has 2 aromatic carbocycles. The minimum atomic E-state index is -1.92. The number of benzene rings is 2. The van der Waals surface area contributed by atoms with Gasteiger partial charge in [0.15, 0.2) is 18.5 Å². The van der Waals surface area contributed by atoms with Crippen LogP contribution in [0.15, 0.2) is 60.7 Å². The second kappa shape index (κ2) is 10.8. The Bertz CT molecular complexity index is 929. The molecule has 9 heteroatoms. The van der Waals surface area contributed by atoms with Crippen LogP contribution in [0.25, 0.3) is 0 Å². The maximum absolute atomic E-state index is 12.9. The number of ether oxygens (including phenoxy) is 4.